The molecule has 0 saturated carbocycles. The molecule has 0 aliphatic carbocycles. The van der Waals surface area contributed by atoms with E-state index in [4.69, 9.17) is 14.2 Å². The van der Waals surface area contributed by atoms with Crippen molar-refractivity contribution in [1.29, 1.82) is 0 Å². The quantitative estimate of drug-likeness (QED) is 0.307. The molecule has 0 radical (unpaired) electrons. The Morgan fingerprint density at radius 1 is 1.16 bits per heavy atom. The first kappa shape index (κ1) is 35.1. The van der Waals surface area contributed by atoms with Crippen LogP contribution in [0, 0.1) is 5.41 Å². The molecule has 0 spiro atoms. The number of carboxylic acids is 1. The van der Waals surface area contributed by atoms with Crippen LogP contribution < -0.4 is 20.1 Å². The van der Waals surface area contributed by atoms with E-state index in [1.54, 1.807) is 67.8 Å². The van der Waals surface area contributed by atoms with Gasteiger partial charge in [-0.1, -0.05) is 33.8 Å². The normalized spacial score (nSPS) is 18.8. The Labute approximate surface area is 264 Å². The lowest BCUT2D eigenvalue weighted by Gasteiger charge is -2.36. The maximum Gasteiger partial charge on any atom is 0.408 e. The first-order valence-electron chi connectivity index (χ1n) is 15.0. The molecule has 0 unspecified atom stereocenters. The average molecular weight is 627 g/mol. The molecule has 1 fully saturated rings. The van der Waals surface area contributed by atoms with E-state index in [2.05, 4.69) is 22.2 Å². The molecule has 1 aliphatic heterocycles. The van der Waals surface area contributed by atoms with Gasteiger partial charge in [-0.3, -0.25) is 9.59 Å². The molecule has 2 aromatic rings. The summed E-state index contributed by atoms with van der Waals surface area (Å²) < 4.78 is 17.1. The topological polar surface area (TPSA) is 156 Å². The van der Waals surface area contributed by atoms with Gasteiger partial charge in [0.25, 0.3) is 0 Å². The van der Waals surface area contributed by atoms with Gasteiger partial charge in [0, 0.05) is 18.0 Å². The number of benzene rings is 1. The van der Waals surface area contributed by atoms with Crippen molar-refractivity contribution in [3.05, 3.63) is 43.1 Å². The molecule has 1 saturated heterocycles. The first-order chi connectivity index (χ1) is 20.9. The Hall–Kier alpha value is -4.35. The van der Waals surface area contributed by atoms with Crippen LogP contribution in [0.15, 0.2) is 43.1 Å². The van der Waals surface area contributed by atoms with Gasteiger partial charge in [0.05, 0.1) is 13.7 Å². The maximum atomic E-state index is 14.2. The summed E-state index contributed by atoms with van der Waals surface area (Å²) in [7, 11) is 1.57. The number of amides is 3. The van der Waals surface area contributed by atoms with Crippen LogP contribution in [0.1, 0.15) is 67.7 Å². The maximum absolute atomic E-state index is 14.2. The van der Waals surface area contributed by atoms with Crippen LogP contribution in [0.25, 0.3) is 10.8 Å². The molecule has 45 heavy (non-hydrogen) atoms. The number of nitrogens with zero attached hydrogens (tertiary/aromatic N) is 2. The Morgan fingerprint density at radius 3 is 2.40 bits per heavy atom. The Morgan fingerprint density at radius 2 is 1.84 bits per heavy atom. The number of alkyl carbamates (subject to hydrolysis) is 1. The molecule has 12 heteroatoms. The number of carbonyl (C=O) groups excluding carboxylic acids is 3. The number of aliphatic carboxylic acids is 1. The second-order valence-corrected chi connectivity index (χ2v) is 13.4. The lowest BCUT2D eigenvalue weighted by Crippen LogP contribution is -2.61. The van der Waals surface area contributed by atoms with Crippen molar-refractivity contribution in [3.8, 4) is 11.6 Å². The van der Waals surface area contributed by atoms with Gasteiger partial charge in [-0.25, -0.2) is 14.6 Å². The molecule has 12 nitrogen and oxygen atoms in total. The van der Waals surface area contributed by atoms with Crippen LogP contribution >= 0.6 is 0 Å². The number of likely N-dealkylation sites (tertiary alicyclic amines) is 1. The van der Waals surface area contributed by atoms with Crippen molar-refractivity contribution >= 4 is 34.6 Å². The highest BCUT2D eigenvalue weighted by Gasteiger charge is 2.48. The smallest absolute Gasteiger partial charge is 0.408 e. The zero-order valence-electron chi connectivity index (χ0n) is 27.4. The van der Waals surface area contributed by atoms with E-state index in [-0.39, 0.29) is 25.8 Å². The number of rotatable bonds is 11. The van der Waals surface area contributed by atoms with Crippen LogP contribution in [0.4, 0.5) is 4.79 Å². The molecule has 1 aliphatic rings. The predicted octanol–water partition coefficient (Wildman–Crippen LogP) is 4.46. The third-order valence-electron chi connectivity index (χ3n) is 7.70. The summed E-state index contributed by atoms with van der Waals surface area (Å²) in [5, 5.41) is 17.0. The predicted molar refractivity (Wildman–Crippen MR) is 169 cm³/mol. The van der Waals surface area contributed by atoms with Gasteiger partial charge >= 0.3 is 12.1 Å². The summed E-state index contributed by atoms with van der Waals surface area (Å²) in [4.78, 5) is 59.0. The summed E-state index contributed by atoms with van der Waals surface area (Å²) in [6.45, 7) is 15.8. The SMILES string of the molecule is C=CC[C@@](CC)(NC(=O)[C@@H]1C[C@@H](Oc2nccc3cc(OC)ccc23)CN1C(=O)[C@@H](NC(=O)OC(C)(C)C)C(C)(C)C)C(=O)O. The molecule has 1 aromatic heterocycles. The summed E-state index contributed by atoms with van der Waals surface area (Å²) in [6.07, 6.45) is 1.71. The largest absolute Gasteiger partial charge is 0.497 e. The van der Waals surface area contributed by atoms with Gasteiger partial charge in [0.1, 0.15) is 35.1 Å². The molecule has 3 N–H and O–H groups in total. The zero-order valence-corrected chi connectivity index (χ0v) is 27.4. The van der Waals surface area contributed by atoms with E-state index in [0.717, 1.165) is 5.39 Å². The van der Waals surface area contributed by atoms with Gasteiger partial charge in [0.2, 0.25) is 17.7 Å². The van der Waals surface area contributed by atoms with Gasteiger partial charge in [-0.15, -0.1) is 6.58 Å². The fourth-order valence-corrected chi connectivity index (χ4v) is 5.26. The highest BCUT2D eigenvalue weighted by Crippen LogP contribution is 2.32. The van der Waals surface area contributed by atoms with Gasteiger partial charge in [-0.05, 0) is 68.7 Å². The van der Waals surface area contributed by atoms with Crippen molar-refractivity contribution in [3.63, 3.8) is 0 Å². The fraction of sp³-hybridized carbons (Fsp3) is 0.545. The van der Waals surface area contributed by atoms with Crippen LogP contribution in [0.5, 0.6) is 11.6 Å². The summed E-state index contributed by atoms with van der Waals surface area (Å²) in [5.74, 6) is -1.42. The molecule has 2 heterocycles. The zero-order chi connectivity index (χ0) is 33.7. The minimum atomic E-state index is -1.61. The Bertz CT molecular complexity index is 1430. The first-order valence-corrected chi connectivity index (χ1v) is 15.0. The minimum Gasteiger partial charge on any atom is -0.497 e. The van der Waals surface area contributed by atoms with Gasteiger partial charge < -0.3 is 34.9 Å². The van der Waals surface area contributed by atoms with E-state index in [0.29, 0.717) is 17.0 Å². The summed E-state index contributed by atoms with van der Waals surface area (Å²) in [6, 6.07) is 5.08. The van der Waals surface area contributed by atoms with E-state index < -0.39 is 58.6 Å². The molecule has 3 amide bonds. The number of hydrogen-bond acceptors (Lipinski definition) is 8. The van der Waals surface area contributed by atoms with Crippen molar-refractivity contribution in [2.45, 2.75) is 97.1 Å². The van der Waals surface area contributed by atoms with Crippen molar-refractivity contribution in [1.82, 2.24) is 20.5 Å². The molecule has 1 aromatic carbocycles. The Kier molecular flexibility index (Phi) is 10.7. The number of nitrogens with one attached hydrogen (secondary N) is 2. The van der Waals surface area contributed by atoms with Crippen LogP contribution in [0.3, 0.4) is 0 Å². The minimum absolute atomic E-state index is 0.0125. The second kappa shape index (κ2) is 13.7. The lowest BCUT2D eigenvalue weighted by molar-refractivity contribution is -0.149. The van der Waals surface area contributed by atoms with E-state index >= 15 is 0 Å². The highest BCUT2D eigenvalue weighted by atomic mass is 16.6. The fourth-order valence-electron chi connectivity index (χ4n) is 5.26. The molecule has 4 atom stereocenters. The average Bonchev–Trinajstić information content (AvgIpc) is 3.37. The van der Waals surface area contributed by atoms with Crippen molar-refractivity contribution in [2.75, 3.05) is 13.7 Å². The summed E-state index contributed by atoms with van der Waals surface area (Å²) >= 11 is 0. The van der Waals surface area contributed by atoms with E-state index in [1.165, 1.54) is 11.0 Å². The molecule has 3 rings (SSSR count). The van der Waals surface area contributed by atoms with Crippen molar-refractivity contribution in [2.24, 2.45) is 5.41 Å². The third kappa shape index (κ3) is 8.43. The van der Waals surface area contributed by atoms with Crippen LogP contribution in [-0.2, 0) is 19.1 Å². The highest BCUT2D eigenvalue weighted by molar-refractivity contribution is 5.95. The number of carbonyl (C=O) groups is 4. The lowest BCUT2D eigenvalue weighted by atomic mass is 9.85. The second-order valence-electron chi connectivity index (χ2n) is 13.4. The monoisotopic (exact) mass is 626 g/mol. The number of aromatic nitrogens is 1. The molecule has 246 valence electrons. The van der Waals surface area contributed by atoms with Gasteiger partial charge in [-0.2, -0.15) is 0 Å². The molecular formula is C33H46N4O8. The number of hydrogen-bond donors (Lipinski definition) is 3. The Balaban J connectivity index is 2.00. The number of pyridine rings is 1. The standard InChI is InChI=1S/C33H46N4O8/c1-10-15-33(11-2,29(40)41)36-26(38)24-18-22(44-27-23-13-12-21(43-9)17-20(23)14-16-34-27)19-37(24)28(39)25(31(3,4)5)35-30(42)45-32(6,7)8/h10,12-14,16-17,22,24-25H,1,11,15,18-19H2,2-9H3,(H,35,42)(H,36,38)(H,40,41)/t22-,24+,25-,33-/m1/s1. The van der Waals surface area contributed by atoms with Crippen LogP contribution in [0.2, 0.25) is 0 Å². The van der Waals surface area contributed by atoms with Gasteiger partial charge in [0.15, 0.2) is 0 Å². The van der Waals surface area contributed by atoms with E-state index in [1.807, 2.05) is 18.2 Å². The third-order valence-corrected chi connectivity index (χ3v) is 7.70. The van der Waals surface area contributed by atoms with E-state index in [9.17, 15) is 24.3 Å². The van der Waals surface area contributed by atoms with Crippen LogP contribution in [-0.4, -0.2) is 81.8 Å². The van der Waals surface area contributed by atoms with Crippen molar-refractivity contribution < 1.29 is 38.5 Å². The summed E-state index contributed by atoms with van der Waals surface area (Å²) in [5.41, 5.74) is -3.19. The number of ether oxygens (including phenoxy) is 3. The number of fused-ring (bicyclic) bond motifs is 1. The molecule has 0 bridgehead atoms. The number of carboxylic acid groups (broad SMARTS) is 1. The number of methoxy groups -OCH3 is 1. The molecular weight excluding hydrogens is 580 g/mol.